The molecule has 5 heteroatoms. The first-order valence-electron chi connectivity index (χ1n) is 9.14. The van der Waals surface area contributed by atoms with Gasteiger partial charge in [0.25, 0.3) is 0 Å². The summed E-state index contributed by atoms with van der Waals surface area (Å²) in [4.78, 5) is 0. The van der Waals surface area contributed by atoms with Crippen LogP contribution in [0.2, 0.25) is 0 Å². The summed E-state index contributed by atoms with van der Waals surface area (Å²) in [5.74, 6) is 0.838. The zero-order valence-electron chi connectivity index (χ0n) is 15.4. The van der Waals surface area contributed by atoms with Crippen molar-refractivity contribution in [3.63, 3.8) is 0 Å². The zero-order valence-corrected chi connectivity index (χ0v) is 16.2. The lowest BCUT2D eigenvalue weighted by Gasteiger charge is -2.33. The zero-order chi connectivity index (χ0) is 19.3. The highest BCUT2D eigenvalue weighted by Gasteiger charge is 2.30. The summed E-state index contributed by atoms with van der Waals surface area (Å²) in [6.45, 7) is 0.842. The highest BCUT2D eigenvalue weighted by Crippen LogP contribution is 2.45. The number of sulfonamides is 1. The van der Waals surface area contributed by atoms with E-state index in [1.54, 1.807) is 0 Å². The summed E-state index contributed by atoms with van der Waals surface area (Å²) in [5.41, 5.74) is 7.04. The van der Waals surface area contributed by atoms with Gasteiger partial charge in [-0.2, -0.15) is 0 Å². The van der Waals surface area contributed by atoms with Gasteiger partial charge in [0, 0.05) is 11.1 Å². The molecule has 0 saturated heterocycles. The van der Waals surface area contributed by atoms with Gasteiger partial charge < -0.3 is 4.74 Å². The molecule has 28 heavy (non-hydrogen) atoms. The quantitative estimate of drug-likeness (QED) is 0.640. The van der Waals surface area contributed by atoms with Crippen LogP contribution in [0.5, 0.6) is 0 Å². The van der Waals surface area contributed by atoms with Crippen LogP contribution in [0.3, 0.4) is 0 Å². The standard InChI is InChI=1S/C23H19NO3S/c1-28(25,26)24-14-17-11-12-18-15-27-22(16-7-3-2-4-8-16)13-20(18)23(17)19-9-5-6-10-21(19)24/h2-13H,14-15H2,1H3. The molecule has 5 rings (SSSR count). The van der Waals surface area contributed by atoms with Crippen molar-refractivity contribution in [2.45, 2.75) is 13.2 Å². The number of rotatable bonds is 2. The summed E-state index contributed by atoms with van der Waals surface area (Å²) >= 11 is 0. The Morgan fingerprint density at radius 2 is 1.61 bits per heavy atom. The van der Waals surface area contributed by atoms with Crippen molar-refractivity contribution in [2.24, 2.45) is 0 Å². The summed E-state index contributed by atoms with van der Waals surface area (Å²) in [6, 6.07) is 21.8. The number of ether oxygens (including phenoxy) is 1. The molecule has 2 heterocycles. The fourth-order valence-electron chi connectivity index (χ4n) is 3.98. The third-order valence-electron chi connectivity index (χ3n) is 5.30. The smallest absolute Gasteiger partial charge is 0.232 e. The highest BCUT2D eigenvalue weighted by atomic mass is 32.2. The van der Waals surface area contributed by atoms with Gasteiger partial charge >= 0.3 is 0 Å². The predicted octanol–water partition coefficient (Wildman–Crippen LogP) is 4.66. The lowest BCUT2D eigenvalue weighted by atomic mass is 9.86. The number of nitrogens with zero attached hydrogens (tertiary/aromatic N) is 1. The first-order chi connectivity index (χ1) is 13.5. The maximum atomic E-state index is 12.4. The second-order valence-electron chi connectivity index (χ2n) is 7.12. The molecule has 4 nitrogen and oxygen atoms in total. The third-order valence-corrected chi connectivity index (χ3v) is 6.42. The molecular formula is C23H19NO3S. The second kappa shape index (κ2) is 6.24. The molecule has 0 atom stereocenters. The van der Waals surface area contributed by atoms with Gasteiger partial charge in [0.15, 0.2) is 0 Å². The van der Waals surface area contributed by atoms with Crippen LogP contribution in [-0.2, 0) is 27.9 Å². The number of hydrogen-bond acceptors (Lipinski definition) is 3. The van der Waals surface area contributed by atoms with E-state index >= 15 is 0 Å². The Labute approximate surface area is 164 Å². The van der Waals surface area contributed by atoms with E-state index in [4.69, 9.17) is 4.74 Å². The SMILES string of the molecule is CS(=O)(=O)N1Cc2ccc3c(c2-c2ccccc21)C=C(c1ccccc1)OC3. The average molecular weight is 389 g/mol. The number of anilines is 1. The normalized spacial score (nSPS) is 15.0. The predicted molar refractivity (Wildman–Crippen MR) is 112 cm³/mol. The lowest BCUT2D eigenvalue weighted by Crippen LogP contribution is -2.32. The van der Waals surface area contributed by atoms with E-state index in [9.17, 15) is 8.42 Å². The van der Waals surface area contributed by atoms with Crippen LogP contribution in [0, 0.1) is 0 Å². The van der Waals surface area contributed by atoms with Crippen molar-refractivity contribution in [3.8, 4) is 11.1 Å². The summed E-state index contributed by atoms with van der Waals surface area (Å²) in [6.07, 6.45) is 3.34. The molecular weight excluding hydrogens is 370 g/mol. The monoisotopic (exact) mass is 389 g/mol. The first-order valence-corrected chi connectivity index (χ1v) is 11.0. The Balaban J connectivity index is 1.74. The Bertz CT molecular complexity index is 1210. The molecule has 0 spiro atoms. The Kier molecular flexibility index (Phi) is 3.81. The maximum Gasteiger partial charge on any atom is 0.232 e. The number of fused-ring (bicyclic) bond motifs is 5. The van der Waals surface area contributed by atoms with E-state index < -0.39 is 10.0 Å². The van der Waals surface area contributed by atoms with Gasteiger partial charge in [-0.15, -0.1) is 0 Å². The molecule has 140 valence electrons. The second-order valence-corrected chi connectivity index (χ2v) is 9.03. The lowest BCUT2D eigenvalue weighted by molar-refractivity contribution is 0.262. The van der Waals surface area contributed by atoms with E-state index in [1.807, 2.05) is 66.7 Å². The molecule has 3 aromatic rings. The van der Waals surface area contributed by atoms with Crippen LogP contribution in [0.4, 0.5) is 5.69 Å². The molecule has 0 fully saturated rings. The van der Waals surface area contributed by atoms with E-state index in [-0.39, 0.29) is 0 Å². The molecule has 0 bridgehead atoms. The Morgan fingerprint density at radius 1 is 0.893 bits per heavy atom. The molecule has 0 amide bonds. The topological polar surface area (TPSA) is 46.6 Å². The van der Waals surface area contributed by atoms with E-state index in [0.717, 1.165) is 44.8 Å². The summed E-state index contributed by atoms with van der Waals surface area (Å²) < 4.78 is 32.2. The Morgan fingerprint density at radius 3 is 2.39 bits per heavy atom. The van der Waals surface area contributed by atoms with Crippen molar-refractivity contribution in [3.05, 3.63) is 89.0 Å². The van der Waals surface area contributed by atoms with Crippen LogP contribution in [-0.4, -0.2) is 14.7 Å². The molecule has 3 aromatic carbocycles. The molecule has 0 aromatic heterocycles. The Hall–Kier alpha value is -3.05. The van der Waals surface area contributed by atoms with Crippen LogP contribution in [0.15, 0.2) is 66.7 Å². The van der Waals surface area contributed by atoms with Crippen LogP contribution >= 0.6 is 0 Å². The van der Waals surface area contributed by atoms with Gasteiger partial charge in [-0.1, -0.05) is 60.7 Å². The highest BCUT2D eigenvalue weighted by molar-refractivity contribution is 7.92. The van der Waals surface area contributed by atoms with Crippen LogP contribution in [0.1, 0.15) is 22.3 Å². The van der Waals surface area contributed by atoms with Crippen molar-refractivity contribution in [1.29, 1.82) is 0 Å². The number of benzene rings is 3. The minimum atomic E-state index is -3.36. The van der Waals surface area contributed by atoms with Gasteiger partial charge in [0.1, 0.15) is 12.4 Å². The van der Waals surface area contributed by atoms with Crippen LogP contribution < -0.4 is 4.31 Å². The maximum absolute atomic E-state index is 12.4. The molecule has 2 aliphatic rings. The molecule has 2 aliphatic heterocycles. The minimum absolute atomic E-state index is 0.341. The van der Waals surface area contributed by atoms with Crippen LogP contribution in [0.25, 0.3) is 23.0 Å². The van der Waals surface area contributed by atoms with Gasteiger partial charge in [0.05, 0.1) is 18.5 Å². The first kappa shape index (κ1) is 17.1. The van der Waals surface area contributed by atoms with E-state index in [0.29, 0.717) is 13.2 Å². The minimum Gasteiger partial charge on any atom is -0.488 e. The largest absolute Gasteiger partial charge is 0.488 e. The van der Waals surface area contributed by atoms with Gasteiger partial charge in [-0.25, -0.2) is 8.42 Å². The van der Waals surface area contributed by atoms with Gasteiger partial charge in [-0.05, 0) is 34.4 Å². The van der Waals surface area contributed by atoms with Crippen molar-refractivity contribution < 1.29 is 13.2 Å². The van der Waals surface area contributed by atoms with Crippen molar-refractivity contribution >= 4 is 27.5 Å². The average Bonchev–Trinajstić information content (AvgIpc) is 2.72. The number of para-hydroxylation sites is 1. The fraction of sp³-hybridized carbons (Fsp3) is 0.130. The summed E-state index contributed by atoms with van der Waals surface area (Å²) in [5, 5.41) is 0. The van der Waals surface area contributed by atoms with Crippen molar-refractivity contribution in [2.75, 3.05) is 10.6 Å². The number of hydrogen-bond donors (Lipinski definition) is 0. The van der Waals surface area contributed by atoms with Gasteiger partial charge in [-0.3, -0.25) is 4.31 Å². The van der Waals surface area contributed by atoms with Crippen molar-refractivity contribution in [1.82, 2.24) is 0 Å². The molecule has 0 saturated carbocycles. The van der Waals surface area contributed by atoms with E-state index in [2.05, 4.69) is 6.08 Å². The molecule has 0 aliphatic carbocycles. The molecule has 0 radical (unpaired) electrons. The summed E-state index contributed by atoms with van der Waals surface area (Å²) in [7, 11) is -3.36. The molecule has 0 unspecified atom stereocenters. The van der Waals surface area contributed by atoms with E-state index in [1.165, 1.54) is 10.6 Å². The van der Waals surface area contributed by atoms with Gasteiger partial charge in [0.2, 0.25) is 10.0 Å². The third kappa shape index (κ3) is 2.70. The molecule has 0 N–H and O–H groups in total. The fourth-order valence-corrected chi connectivity index (χ4v) is 4.87.